The van der Waals surface area contributed by atoms with E-state index >= 15 is 0 Å². The molecule has 0 unspecified atom stereocenters. The van der Waals surface area contributed by atoms with Gasteiger partial charge in [0.15, 0.2) is 5.82 Å². The van der Waals surface area contributed by atoms with Crippen LogP contribution in [0.4, 0.5) is 16.3 Å². The highest BCUT2D eigenvalue weighted by Gasteiger charge is 2.39. The van der Waals surface area contributed by atoms with Crippen molar-refractivity contribution in [2.24, 2.45) is 0 Å². The van der Waals surface area contributed by atoms with Crippen molar-refractivity contribution in [3.63, 3.8) is 0 Å². The van der Waals surface area contributed by atoms with Crippen LogP contribution in [0.25, 0.3) is 0 Å². The minimum Gasteiger partial charge on any atom is -0.330 e. The quantitative estimate of drug-likeness (QED) is 0.220. The van der Waals surface area contributed by atoms with Crippen LogP contribution in [0.1, 0.15) is 44.8 Å². The maximum atomic E-state index is 13.9. The number of aromatic amines is 1. The number of likely N-dealkylation sites (N-methyl/N-ethyl adjacent to an activating group) is 1. The van der Waals surface area contributed by atoms with E-state index in [1.807, 2.05) is 79.7 Å². The lowest BCUT2D eigenvalue weighted by atomic mass is 10.0. The summed E-state index contributed by atoms with van der Waals surface area (Å²) in [4.78, 5) is 42.3. The van der Waals surface area contributed by atoms with Crippen molar-refractivity contribution < 1.29 is 14.4 Å². The number of carbonyl (C=O) groups excluding carboxylic acids is 3. The smallest absolute Gasteiger partial charge is 0.319 e. The van der Waals surface area contributed by atoms with E-state index in [-0.39, 0.29) is 30.4 Å². The molecule has 2 heterocycles. The van der Waals surface area contributed by atoms with Gasteiger partial charge in [0.25, 0.3) is 5.91 Å². The fourth-order valence-corrected chi connectivity index (χ4v) is 5.05. The molecule has 0 saturated carbocycles. The number of aromatic nitrogens is 2. The molecule has 1 aliphatic rings. The van der Waals surface area contributed by atoms with Crippen LogP contribution in [0.3, 0.4) is 0 Å². The number of carbonyl (C=O) groups is 3. The zero-order chi connectivity index (χ0) is 29.6. The van der Waals surface area contributed by atoms with E-state index in [2.05, 4.69) is 32.7 Å². The number of hydrogen-bond donors (Lipinski definition) is 4. The van der Waals surface area contributed by atoms with Crippen molar-refractivity contribution in [3.8, 4) is 0 Å². The molecule has 4 aromatic rings. The Bertz CT molecular complexity index is 1570. The molecule has 4 amide bonds. The van der Waals surface area contributed by atoms with Crippen molar-refractivity contribution in [1.29, 1.82) is 0 Å². The molecular formula is C32H33N7O3. The fraction of sp³-hybridized carbons (Fsp3) is 0.188. The zero-order valence-corrected chi connectivity index (χ0v) is 23.5. The number of benzene rings is 3. The molecule has 5 rings (SSSR count). The van der Waals surface area contributed by atoms with Crippen molar-refractivity contribution in [1.82, 2.24) is 25.3 Å². The Balaban J connectivity index is 1.38. The minimum atomic E-state index is -0.414. The first kappa shape index (κ1) is 28.3. The lowest BCUT2D eigenvalue weighted by Crippen LogP contribution is -2.43. The van der Waals surface area contributed by atoms with E-state index in [9.17, 15) is 14.4 Å². The van der Waals surface area contributed by atoms with Crippen molar-refractivity contribution in [2.75, 3.05) is 31.3 Å². The number of hydrogen-bond acceptors (Lipinski definition) is 5. The summed E-state index contributed by atoms with van der Waals surface area (Å²) < 4.78 is 0. The van der Waals surface area contributed by atoms with Crippen LogP contribution in [0.15, 0.2) is 97.6 Å². The first-order valence-electron chi connectivity index (χ1n) is 13.6. The Kier molecular flexibility index (Phi) is 8.44. The Morgan fingerprint density at radius 1 is 1.00 bits per heavy atom. The molecule has 0 bridgehead atoms. The molecule has 10 nitrogen and oxygen atoms in total. The third-order valence-corrected chi connectivity index (χ3v) is 7.07. The average Bonchev–Trinajstić information content (AvgIpc) is 3.57. The van der Waals surface area contributed by atoms with E-state index in [1.54, 1.807) is 29.2 Å². The predicted molar refractivity (Wildman–Crippen MR) is 162 cm³/mol. The summed E-state index contributed by atoms with van der Waals surface area (Å²) >= 11 is 0. The van der Waals surface area contributed by atoms with Crippen LogP contribution in [0, 0.1) is 0 Å². The van der Waals surface area contributed by atoms with Gasteiger partial charge in [-0.25, -0.2) is 4.79 Å². The molecule has 3 aromatic carbocycles. The molecule has 0 spiro atoms. The van der Waals surface area contributed by atoms with Gasteiger partial charge < -0.3 is 25.8 Å². The second-order valence-electron chi connectivity index (χ2n) is 10.3. The predicted octanol–water partition coefficient (Wildman–Crippen LogP) is 4.70. The van der Waals surface area contributed by atoms with Gasteiger partial charge in [-0.1, -0.05) is 67.2 Å². The summed E-state index contributed by atoms with van der Waals surface area (Å²) in [5.41, 5.74) is 4.37. The number of rotatable bonds is 9. The Hall–Kier alpha value is -5.22. The van der Waals surface area contributed by atoms with E-state index in [4.69, 9.17) is 0 Å². The second-order valence-corrected chi connectivity index (χ2v) is 10.3. The molecule has 0 saturated heterocycles. The Labute approximate surface area is 244 Å². The standard InChI is InChI=1S/C32H33N7O3/c1-4-27(40)33-24-17-15-23(16-18-24)31(41)35-30-25-19-39(29(28(25)36-37-30)22-13-9-6-10-14-22)32(42)34-26(20-38(2)3)21-11-7-5-8-12-21/h4-18,26,29H,1,19-20H2,2-3H3,(H,33,40)(H,34,42)(H2,35,36,37,41)/t26-,29-/m1/s1. The molecule has 1 aromatic heterocycles. The van der Waals surface area contributed by atoms with E-state index in [1.165, 1.54) is 6.08 Å². The van der Waals surface area contributed by atoms with Gasteiger partial charge in [0.05, 0.1) is 18.3 Å². The van der Waals surface area contributed by atoms with Gasteiger partial charge in [-0.05, 0) is 55.6 Å². The lowest BCUT2D eigenvalue weighted by molar-refractivity contribution is -0.111. The number of nitrogens with one attached hydrogen (secondary N) is 4. The van der Waals surface area contributed by atoms with Gasteiger partial charge in [-0.2, -0.15) is 5.10 Å². The van der Waals surface area contributed by atoms with Crippen molar-refractivity contribution in [3.05, 3.63) is 126 Å². The highest BCUT2D eigenvalue weighted by molar-refractivity contribution is 6.05. The van der Waals surface area contributed by atoms with Crippen LogP contribution in [0.2, 0.25) is 0 Å². The van der Waals surface area contributed by atoms with Gasteiger partial charge in [-0.15, -0.1) is 0 Å². The lowest BCUT2D eigenvalue weighted by Gasteiger charge is -2.29. The zero-order valence-electron chi connectivity index (χ0n) is 23.5. The first-order chi connectivity index (χ1) is 20.3. The molecule has 0 fully saturated rings. The summed E-state index contributed by atoms with van der Waals surface area (Å²) in [7, 11) is 3.95. The molecule has 0 radical (unpaired) electrons. The van der Waals surface area contributed by atoms with Crippen LogP contribution in [0.5, 0.6) is 0 Å². The maximum absolute atomic E-state index is 13.9. The van der Waals surface area contributed by atoms with Gasteiger partial charge in [0, 0.05) is 23.4 Å². The molecule has 10 heteroatoms. The van der Waals surface area contributed by atoms with Crippen LogP contribution >= 0.6 is 0 Å². The molecule has 1 aliphatic heterocycles. The average molecular weight is 564 g/mol. The largest absolute Gasteiger partial charge is 0.330 e. The maximum Gasteiger partial charge on any atom is 0.319 e. The molecule has 2 atom stereocenters. The summed E-state index contributed by atoms with van der Waals surface area (Å²) in [5.74, 6) is -0.332. The third-order valence-electron chi connectivity index (χ3n) is 7.07. The van der Waals surface area contributed by atoms with Gasteiger partial charge in [-0.3, -0.25) is 14.7 Å². The molecular weight excluding hydrogens is 530 g/mol. The number of H-pyrrole nitrogens is 1. The summed E-state index contributed by atoms with van der Waals surface area (Å²) in [5, 5.41) is 16.2. The van der Waals surface area contributed by atoms with Crippen molar-refractivity contribution >= 4 is 29.4 Å². The minimum absolute atomic E-state index is 0.222. The molecule has 0 aliphatic carbocycles. The SMILES string of the molecule is C=CC(=O)Nc1ccc(C(=O)Nc2n[nH]c3c2CN(C(=O)N[C@H](CN(C)C)c2ccccc2)[C@@H]3c2ccccc2)cc1. The van der Waals surface area contributed by atoms with Crippen LogP contribution in [-0.4, -0.2) is 58.5 Å². The molecule has 214 valence electrons. The summed E-state index contributed by atoms with van der Waals surface area (Å²) in [6.07, 6.45) is 1.18. The summed E-state index contributed by atoms with van der Waals surface area (Å²) in [6, 6.07) is 25.3. The Morgan fingerprint density at radius 2 is 1.67 bits per heavy atom. The third kappa shape index (κ3) is 6.24. The molecule has 4 N–H and O–H groups in total. The first-order valence-corrected chi connectivity index (χ1v) is 13.6. The van der Waals surface area contributed by atoms with Gasteiger partial charge >= 0.3 is 6.03 Å². The topological polar surface area (TPSA) is 122 Å². The van der Waals surface area contributed by atoms with Crippen LogP contribution in [-0.2, 0) is 11.3 Å². The van der Waals surface area contributed by atoms with Crippen molar-refractivity contribution in [2.45, 2.75) is 18.6 Å². The second kappa shape index (κ2) is 12.5. The van der Waals surface area contributed by atoms with Crippen LogP contribution < -0.4 is 16.0 Å². The number of urea groups is 1. The number of fused-ring (bicyclic) bond motifs is 1. The Morgan fingerprint density at radius 3 is 2.31 bits per heavy atom. The normalized spacial score (nSPS) is 14.6. The van der Waals surface area contributed by atoms with E-state index < -0.39 is 6.04 Å². The highest BCUT2D eigenvalue weighted by Crippen LogP contribution is 2.40. The number of amides is 4. The highest BCUT2D eigenvalue weighted by atomic mass is 16.2. The fourth-order valence-electron chi connectivity index (χ4n) is 5.05. The van der Waals surface area contributed by atoms with Gasteiger partial charge in [0.1, 0.15) is 6.04 Å². The van der Waals surface area contributed by atoms with E-state index in [0.29, 0.717) is 23.6 Å². The molecule has 42 heavy (non-hydrogen) atoms. The van der Waals surface area contributed by atoms with E-state index in [0.717, 1.165) is 22.4 Å². The summed E-state index contributed by atoms with van der Waals surface area (Å²) in [6.45, 7) is 4.32. The van der Waals surface area contributed by atoms with Gasteiger partial charge in [0.2, 0.25) is 5.91 Å². The number of anilines is 2. The number of nitrogens with zero attached hydrogens (tertiary/aromatic N) is 3. The monoisotopic (exact) mass is 563 g/mol.